The molecule has 1 rings (SSSR count). The molecular weight excluding hydrogens is 244 g/mol. The van der Waals surface area contributed by atoms with Gasteiger partial charge in [0.25, 0.3) is 0 Å². The Hall–Kier alpha value is -1.68. The van der Waals surface area contributed by atoms with Gasteiger partial charge in [0.05, 0.1) is 6.61 Å². The number of carbonyl (C=O) groups is 2. The summed E-state index contributed by atoms with van der Waals surface area (Å²) in [5.74, 6) is -0.816. The van der Waals surface area contributed by atoms with E-state index in [1.165, 1.54) is 0 Å². The highest BCUT2D eigenvalue weighted by Gasteiger charge is 2.09. The summed E-state index contributed by atoms with van der Waals surface area (Å²) in [6.45, 7) is 1.91. The number of hydrogen-bond acceptors (Lipinski definition) is 3. The number of rotatable bonds is 8. The fourth-order valence-electron chi connectivity index (χ4n) is 2.16. The number of aliphatic hydroxyl groups is 1. The van der Waals surface area contributed by atoms with Crippen molar-refractivity contribution < 1.29 is 19.8 Å². The molecule has 0 aliphatic rings. The lowest BCUT2D eigenvalue weighted by Gasteiger charge is -2.12. The molecule has 4 nitrogen and oxygen atoms in total. The second-order valence-electron chi connectivity index (χ2n) is 4.59. The minimum absolute atomic E-state index is 0.114. The average molecular weight is 264 g/mol. The normalized spacial score (nSPS) is 10.4. The van der Waals surface area contributed by atoms with E-state index in [0.717, 1.165) is 30.3 Å². The smallest absolute Gasteiger partial charge is 0.303 e. The Kier molecular flexibility index (Phi) is 6.22. The SMILES string of the molecule is CCCc1cc(CCCC(=O)O)c(CO)cc1C=O. The molecule has 0 radical (unpaired) electrons. The number of benzene rings is 1. The highest BCUT2D eigenvalue weighted by Crippen LogP contribution is 2.20. The third kappa shape index (κ3) is 4.48. The lowest BCUT2D eigenvalue weighted by Crippen LogP contribution is -2.03. The van der Waals surface area contributed by atoms with E-state index < -0.39 is 5.97 Å². The fraction of sp³-hybridized carbons (Fsp3) is 0.467. The monoisotopic (exact) mass is 264 g/mol. The van der Waals surface area contributed by atoms with Crippen molar-refractivity contribution in [3.63, 3.8) is 0 Å². The lowest BCUT2D eigenvalue weighted by atomic mass is 9.94. The second-order valence-corrected chi connectivity index (χ2v) is 4.59. The van der Waals surface area contributed by atoms with E-state index in [4.69, 9.17) is 5.11 Å². The number of aliphatic hydroxyl groups excluding tert-OH is 1. The summed E-state index contributed by atoms with van der Waals surface area (Å²) >= 11 is 0. The van der Waals surface area contributed by atoms with Gasteiger partial charge in [0.15, 0.2) is 0 Å². The van der Waals surface area contributed by atoms with Crippen LogP contribution in [0.5, 0.6) is 0 Å². The molecule has 0 saturated heterocycles. The molecule has 2 N–H and O–H groups in total. The molecule has 0 spiro atoms. The molecule has 0 aliphatic carbocycles. The van der Waals surface area contributed by atoms with Crippen LogP contribution in [0, 0.1) is 0 Å². The Labute approximate surface area is 113 Å². The van der Waals surface area contributed by atoms with E-state index in [1.807, 2.05) is 13.0 Å². The molecule has 0 aromatic heterocycles. The molecule has 1 aromatic carbocycles. The number of hydrogen-bond donors (Lipinski definition) is 2. The molecule has 0 bridgehead atoms. The molecule has 104 valence electrons. The first-order valence-electron chi connectivity index (χ1n) is 6.54. The zero-order chi connectivity index (χ0) is 14.3. The van der Waals surface area contributed by atoms with E-state index in [1.54, 1.807) is 6.07 Å². The van der Waals surface area contributed by atoms with Gasteiger partial charge in [0.2, 0.25) is 0 Å². The van der Waals surface area contributed by atoms with Crippen molar-refractivity contribution in [3.05, 3.63) is 34.4 Å². The molecule has 0 heterocycles. The van der Waals surface area contributed by atoms with Gasteiger partial charge >= 0.3 is 5.97 Å². The second kappa shape index (κ2) is 7.69. The quantitative estimate of drug-likeness (QED) is 0.707. The maximum atomic E-state index is 11.0. The van der Waals surface area contributed by atoms with Crippen LogP contribution in [-0.2, 0) is 24.2 Å². The van der Waals surface area contributed by atoms with Crippen molar-refractivity contribution >= 4 is 12.3 Å². The predicted molar refractivity (Wildman–Crippen MR) is 72.3 cm³/mol. The standard InChI is InChI=1S/C15H20O4/c1-2-4-11-7-12(5-3-6-15(18)19)14(10-17)8-13(11)9-16/h7-9,17H,2-6,10H2,1H3,(H,18,19). The van der Waals surface area contributed by atoms with Crippen LogP contribution < -0.4 is 0 Å². The Balaban J connectivity index is 2.96. The third-order valence-electron chi connectivity index (χ3n) is 3.11. The van der Waals surface area contributed by atoms with Crippen molar-refractivity contribution in [1.82, 2.24) is 0 Å². The number of carbonyl (C=O) groups excluding carboxylic acids is 1. The van der Waals surface area contributed by atoms with Gasteiger partial charge in [-0.1, -0.05) is 19.4 Å². The van der Waals surface area contributed by atoms with Gasteiger partial charge in [0, 0.05) is 12.0 Å². The van der Waals surface area contributed by atoms with Gasteiger partial charge < -0.3 is 10.2 Å². The van der Waals surface area contributed by atoms with Crippen molar-refractivity contribution in [2.75, 3.05) is 0 Å². The molecular formula is C15H20O4. The van der Waals surface area contributed by atoms with Crippen molar-refractivity contribution in [2.45, 2.75) is 45.6 Å². The summed E-state index contributed by atoms with van der Waals surface area (Å²) in [5, 5.41) is 18.0. The highest BCUT2D eigenvalue weighted by molar-refractivity contribution is 5.78. The largest absolute Gasteiger partial charge is 0.481 e. The predicted octanol–water partition coefficient (Wildman–Crippen LogP) is 2.35. The number of carboxylic acids is 1. The topological polar surface area (TPSA) is 74.6 Å². The summed E-state index contributed by atoms with van der Waals surface area (Å²) in [4.78, 5) is 21.5. The van der Waals surface area contributed by atoms with Crippen LogP contribution in [0.2, 0.25) is 0 Å². The first-order valence-corrected chi connectivity index (χ1v) is 6.54. The van der Waals surface area contributed by atoms with E-state index in [0.29, 0.717) is 24.0 Å². The zero-order valence-electron chi connectivity index (χ0n) is 11.2. The first kappa shape index (κ1) is 15.4. The van der Waals surface area contributed by atoms with Gasteiger partial charge in [-0.25, -0.2) is 0 Å². The van der Waals surface area contributed by atoms with E-state index in [2.05, 4.69) is 0 Å². The Morgan fingerprint density at radius 2 is 1.95 bits per heavy atom. The van der Waals surface area contributed by atoms with E-state index in [-0.39, 0.29) is 13.0 Å². The van der Waals surface area contributed by atoms with Crippen LogP contribution in [0.4, 0.5) is 0 Å². The van der Waals surface area contributed by atoms with Crippen LogP contribution in [0.15, 0.2) is 12.1 Å². The van der Waals surface area contributed by atoms with Crippen molar-refractivity contribution in [3.8, 4) is 0 Å². The summed E-state index contributed by atoms with van der Waals surface area (Å²) in [7, 11) is 0. The van der Waals surface area contributed by atoms with Gasteiger partial charge in [-0.3, -0.25) is 9.59 Å². The van der Waals surface area contributed by atoms with Crippen LogP contribution in [0.25, 0.3) is 0 Å². The summed E-state index contributed by atoms with van der Waals surface area (Å²) in [6, 6.07) is 3.65. The maximum Gasteiger partial charge on any atom is 0.303 e. The number of aryl methyl sites for hydroxylation is 2. The summed E-state index contributed by atoms with van der Waals surface area (Å²) < 4.78 is 0. The van der Waals surface area contributed by atoms with Gasteiger partial charge in [-0.15, -0.1) is 0 Å². The van der Waals surface area contributed by atoms with Gasteiger partial charge in [0.1, 0.15) is 6.29 Å². The first-order chi connectivity index (χ1) is 9.12. The van der Waals surface area contributed by atoms with Gasteiger partial charge in [-0.2, -0.15) is 0 Å². The minimum Gasteiger partial charge on any atom is -0.481 e. The lowest BCUT2D eigenvalue weighted by molar-refractivity contribution is -0.137. The Morgan fingerprint density at radius 1 is 1.21 bits per heavy atom. The molecule has 0 saturated carbocycles. The molecule has 19 heavy (non-hydrogen) atoms. The van der Waals surface area contributed by atoms with E-state index >= 15 is 0 Å². The number of aliphatic carboxylic acids is 1. The molecule has 4 heteroatoms. The highest BCUT2D eigenvalue weighted by atomic mass is 16.4. The Bertz CT molecular complexity index is 452. The maximum absolute atomic E-state index is 11.0. The van der Waals surface area contributed by atoms with Gasteiger partial charge in [-0.05, 0) is 42.0 Å². The number of aldehydes is 1. The van der Waals surface area contributed by atoms with Crippen LogP contribution in [0.3, 0.4) is 0 Å². The van der Waals surface area contributed by atoms with Crippen LogP contribution >= 0.6 is 0 Å². The molecule has 0 unspecified atom stereocenters. The fourth-order valence-corrected chi connectivity index (χ4v) is 2.16. The molecule has 0 atom stereocenters. The van der Waals surface area contributed by atoms with Crippen LogP contribution in [-0.4, -0.2) is 22.5 Å². The minimum atomic E-state index is -0.816. The van der Waals surface area contributed by atoms with Crippen molar-refractivity contribution in [2.24, 2.45) is 0 Å². The van der Waals surface area contributed by atoms with Crippen LogP contribution in [0.1, 0.15) is 53.2 Å². The third-order valence-corrected chi connectivity index (χ3v) is 3.11. The van der Waals surface area contributed by atoms with Crippen molar-refractivity contribution in [1.29, 1.82) is 0 Å². The molecule has 0 aliphatic heterocycles. The molecule has 0 amide bonds. The molecule has 0 fully saturated rings. The Morgan fingerprint density at radius 3 is 2.47 bits per heavy atom. The zero-order valence-corrected chi connectivity index (χ0v) is 11.2. The summed E-state index contributed by atoms with van der Waals surface area (Å²) in [5.41, 5.74) is 3.25. The van der Waals surface area contributed by atoms with E-state index in [9.17, 15) is 14.7 Å². The number of carboxylic acid groups (broad SMARTS) is 1. The average Bonchev–Trinajstić information content (AvgIpc) is 2.39. The molecule has 1 aromatic rings. The summed E-state index contributed by atoms with van der Waals surface area (Å²) in [6.07, 6.45) is 3.82.